The fourth-order valence-corrected chi connectivity index (χ4v) is 1.06. The van der Waals surface area contributed by atoms with Crippen LogP contribution in [0.3, 0.4) is 0 Å². The summed E-state index contributed by atoms with van der Waals surface area (Å²) >= 11 is 0. The molecular formula is C9H14N2O. The van der Waals surface area contributed by atoms with Crippen LogP contribution in [-0.4, -0.2) is 22.7 Å². The predicted molar refractivity (Wildman–Crippen MR) is 47.7 cm³/mol. The lowest BCUT2D eigenvalue weighted by Gasteiger charge is -2.09. The summed E-state index contributed by atoms with van der Waals surface area (Å²) in [5.74, 6) is 0. The third-order valence-electron chi connectivity index (χ3n) is 1.86. The van der Waals surface area contributed by atoms with E-state index >= 15 is 0 Å². The molecule has 1 atom stereocenters. The molecule has 0 bridgehead atoms. The highest BCUT2D eigenvalue weighted by atomic mass is 16.3. The number of pyridine rings is 1. The van der Waals surface area contributed by atoms with E-state index in [9.17, 15) is 0 Å². The van der Waals surface area contributed by atoms with Gasteiger partial charge < -0.3 is 10.8 Å². The Labute approximate surface area is 72.2 Å². The Bertz CT molecular complexity index is 250. The molecule has 1 heterocycles. The van der Waals surface area contributed by atoms with Crippen LogP contribution in [0, 0.1) is 6.92 Å². The van der Waals surface area contributed by atoms with E-state index < -0.39 is 0 Å². The molecule has 0 aliphatic heterocycles. The molecule has 66 valence electrons. The van der Waals surface area contributed by atoms with Gasteiger partial charge in [0.2, 0.25) is 0 Å². The molecule has 0 saturated carbocycles. The highest BCUT2D eigenvalue weighted by molar-refractivity contribution is 5.22. The number of nitrogens with two attached hydrogens (primary N) is 1. The quantitative estimate of drug-likeness (QED) is 0.676. The maximum Gasteiger partial charge on any atom is 0.0585 e. The van der Waals surface area contributed by atoms with E-state index in [0.717, 1.165) is 5.56 Å². The predicted octanol–water partition coefficient (Wildman–Crippen LogP) is 0.252. The molecule has 3 heteroatoms. The summed E-state index contributed by atoms with van der Waals surface area (Å²) in [6.45, 7) is 2.04. The highest BCUT2D eigenvalue weighted by Gasteiger charge is 2.03. The van der Waals surface area contributed by atoms with Gasteiger partial charge in [0.15, 0.2) is 0 Å². The van der Waals surface area contributed by atoms with Crippen LogP contribution in [0.15, 0.2) is 18.5 Å². The third-order valence-corrected chi connectivity index (χ3v) is 1.86. The van der Waals surface area contributed by atoms with Gasteiger partial charge in [0, 0.05) is 18.4 Å². The van der Waals surface area contributed by atoms with Crippen LogP contribution in [0.5, 0.6) is 0 Å². The maximum absolute atomic E-state index is 8.74. The first kappa shape index (κ1) is 9.16. The molecule has 12 heavy (non-hydrogen) atoms. The van der Waals surface area contributed by atoms with Crippen LogP contribution in [0.1, 0.15) is 11.1 Å². The van der Waals surface area contributed by atoms with Gasteiger partial charge in [-0.1, -0.05) is 0 Å². The molecule has 3 N–H and O–H groups in total. The first-order valence-electron chi connectivity index (χ1n) is 4.00. The topological polar surface area (TPSA) is 59.1 Å². The van der Waals surface area contributed by atoms with Crippen molar-refractivity contribution in [3.05, 3.63) is 29.6 Å². The third kappa shape index (κ3) is 2.29. The zero-order chi connectivity index (χ0) is 8.97. The van der Waals surface area contributed by atoms with Crippen LogP contribution in [-0.2, 0) is 6.42 Å². The second kappa shape index (κ2) is 4.18. The fraction of sp³-hybridized carbons (Fsp3) is 0.444. The SMILES string of the molecule is Cc1ccncc1CC(N)CO. The van der Waals surface area contributed by atoms with Gasteiger partial charge in [-0.15, -0.1) is 0 Å². The maximum atomic E-state index is 8.74. The number of nitrogens with zero attached hydrogens (tertiary/aromatic N) is 1. The lowest BCUT2D eigenvalue weighted by Crippen LogP contribution is -2.27. The largest absolute Gasteiger partial charge is 0.395 e. The first-order chi connectivity index (χ1) is 5.74. The van der Waals surface area contributed by atoms with Gasteiger partial charge >= 0.3 is 0 Å². The molecule has 0 saturated heterocycles. The van der Waals surface area contributed by atoms with Crippen LogP contribution in [0.25, 0.3) is 0 Å². The Kier molecular flexibility index (Phi) is 3.19. The smallest absolute Gasteiger partial charge is 0.0585 e. The van der Waals surface area contributed by atoms with Crippen LogP contribution in [0.2, 0.25) is 0 Å². The van der Waals surface area contributed by atoms with E-state index in [0.29, 0.717) is 6.42 Å². The van der Waals surface area contributed by atoms with Gasteiger partial charge in [-0.2, -0.15) is 0 Å². The Hall–Kier alpha value is -0.930. The zero-order valence-corrected chi connectivity index (χ0v) is 7.20. The minimum absolute atomic E-state index is 0.0222. The first-order valence-corrected chi connectivity index (χ1v) is 4.00. The minimum Gasteiger partial charge on any atom is -0.395 e. The van der Waals surface area contributed by atoms with E-state index in [-0.39, 0.29) is 12.6 Å². The van der Waals surface area contributed by atoms with Gasteiger partial charge in [0.05, 0.1) is 6.61 Å². The molecule has 3 nitrogen and oxygen atoms in total. The molecule has 0 fully saturated rings. The van der Waals surface area contributed by atoms with Crippen molar-refractivity contribution < 1.29 is 5.11 Å². The van der Waals surface area contributed by atoms with Crippen molar-refractivity contribution in [2.45, 2.75) is 19.4 Å². The second-order valence-corrected chi connectivity index (χ2v) is 2.95. The van der Waals surface area contributed by atoms with Crippen molar-refractivity contribution in [3.8, 4) is 0 Å². The molecule has 0 aliphatic carbocycles. The summed E-state index contributed by atoms with van der Waals surface area (Å²) in [4.78, 5) is 4.00. The average Bonchev–Trinajstić information content (AvgIpc) is 2.09. The van der Waals surface area contributed by atoms with Crippen molar-refractivity contribution in [1.29, 1.82) is 0 Å². The molecule has 1 aromatic heterocycles. The normalized spacial score (nSPS) is 12.9. The summed E-state index contributed by atoms with van der Waals surface area (Å²) in [5.41, 5.74) is 7.88. The monoisotopic (exact) mass is 166 g/mol. The molecule has 0 aromatic carbocycles. The van der Waals surface area contributed by atoms with Gasteiger partial charge in [0.25, 0.3) is 0 Å². The number of hydrogen-bond acceptors (Lipinski definition) is 3. The summed E-state index contributed by atoms with van der Waals surface area (Å²) in [7, 11) is 0. The Balaban J connectivity index is 2.69. The number of aliphatic hydroxyl groups is 1. The molecule has 0 amide bonds. The molecule has 1 unspecified atom stereocenters. The molecular weight excluding hydrogens is 152 g/mol. The lowest BCUT2D eigenvalue weighted by molar-refractivity contribution is 0.265. The minimum atomic E-state index is -0.173. The van der Waals surface area contributed by atoms with Crippen molar-refractivity contribution in [2.75, 3.05) is 6.61 Å². The van der Waals surface area contributed by atoms with E-state index in [1.54, 1.807) is 12.4 Å². The van der Waals surface area contributed by atoms with Gasteiger partial charge in [-0.25, -0.2) is 0 Å². The summed E-state index contributed by atoms with van der Waals surface area (Å²) in [6.07, 6.45) is 4.24. The molecule has 0 radical (unpaired) electrons. The Morgan fingerprint density at radius 3 is 3.00 bits per heavy atom. The van der Waals surface area contributed by atoms with Gasteiger partial charge in [-0.3, -0.25) is 4.98 Å². The fourth-order valence-electron chi connectivity index (χ4n) is 1.06. The summed E-state index contributed by atoms with van der Waals surface area (Å²) in [5, 5.41) is 8.74. The summed E-state index contributed by atoms with van der Waals surface area (Å²) in [6, 6.07) is 1.77. The number of aliphatic hydroxyl groups excluding tert-OH is 1. The van der Waals surface area contributed by atoms with Crippen LogP contribution < -0.4 is 5.73 Å². The molecule has 0 spiro atoms. The number of aryl methyl sites for hydroxylation is 1. The number of hydrogen-bond donors (Lipinski definition) is 2. The Morgan fingerprint density at radius 1 is 1.67 bits per heavy atom. The number of aromatic nitrogens is 1. The van der Waals surface area contributed by atoms with Crippen molar-refractivity contribution in [3.63, 3.8) is 0 Å². The van der Waals surface area contributed by atoms with Gasteiger partial charge in [0.1, 0.15) is 0 Å². The molecule has 1 aromatic rings. The van der Waals surface area contributed by atoms with E-state index in [2.05, 4.69) is 4.98 Å². The van der Waals surface area contributed by atoms with Crippen LogP contribution >= 0.6 is 0 Å². The van der Waals surface area contributed by atoms with E-state index in [4.69, 9.17) is 10.8 Å². The van der Waals surface area contributed by atoms with E-state index in [1.807, 2.05) is 13.0 Å². The Morgan fingerprint density at radius 2 is 2.42 bits per heavy atom. The molecule has 1 rings (SSSR count). The molecule has 0 aliphatic rings. The van der Waals surface area contributed by atoms with Gasteiger partial charge in [-0.05, 0) is 30.5 Å². The lowest BCUT2D eigenvalue weighted by atomic mass is 10.0. The summed E-state index contributed by atoms with van der Waals surface area (Å²) < 4.78 is 0. The standard InChI is InChI=1S/C9H14N2O/c1-7-2-3-11-5-8(7)4-9(10)6-12/h2-3,5,9,12H,4,6,10H2,1H3. The van der Waals surface area contributed by atoms with Crippen LogP contribution in [0.4, 0.5) is 0 Å². The van der Waals surface area contributed by atoms with Crippen molar-refractivity contribution in [1.82, 2.24) is 4.98 Å². The highest BCUT2D eigenvalue weighted by Crippen LogP contribution is 2.06. The van der Waals surface area contributed by atoms with E-state index in [1.165, 1.54) is 5.56 Å². The average molecular weight is 166 g/mol. The van der Waals surface area contributed by atoms with Crippen molar-refractivity contribution in [2.24, 2.45) is 5.73 Å². The van der Waals surface area contributed by atoms with Crippen molar-refractivity contribution >= 4 is 0 Å². The number of rotatable bonds is 3. The second-order valence-electron chi connectivity index (χ2n) is 2.95. The zero-order valence-electron chi connectivity index (χ0n) is 7.20.